The van der Waals surface area contributed by atoms with Gasteiger partial charge in [0, 0.05) is 15.4 Å². The molecule has 0 aliphatic heterocycles. The minimum Gasteiger partial charge on any atom is -0.469 e. The van der Waals surface area contributed by atoms with Gasteiger partial charge in [-0.2, -0.15) is 0 Å². The van der Waals surface area contributed by atoms with E-state index in [0.717, 1.165) is 5.56 Å². The Morgan fingerprint density at radius 3 is 3.00 bits per heavy atom. The molecule has 0 aliphatic rings. The van der Waals surface area contributed by atoms with Crippen LogP contribution in [0.5, 0.6) is 0 Å². The Labute approximate surface area is 116 Å². The molecule has 0 saturated carbocycles. The second-order valence-electron chi connectivity index (χ2n) is 3.50. The first-order valence-electron chi connectivity index (χ1n) is 5.07. The lowest BCUT2D eigenvalue weighted by Crippen LogP contribution is -2.03. The predicted octanol–water partition coefficient (Wildman–Crippen LogP) is 3.43. The van der Waals surface area contributed by atoms with Crippen molar-refractivity contribution in [2.45, 2.75) is 6.42 Å². The third-order valence-electron chi connectivity index (χ3n) is 2.28. The van der Waals surface area contributed by atoms with Crippen LogP contribution in [0.15, 0.2) is 28.1 Å². The lowest BCUT2D eigenvalue weighted by atomic mass is 10.2. The number of aromatic nitrogens is 1. The SMILES string of the molecule is COC(=O)Cc1nc(-c2ccc(F)cc2Br)cs1. The highest BCUT2D eigenvalue weighted by atomic mass is 79.9. The van der Waals surface area contributed by atoms with Gasteiger partial charge in [0.15, 0.2) is 0 Å². The van der Waals surface area contributed by atoms with E-state index < -0.39 is 0 Å². The van der Waals surface area contributed by atoms with Crippen LogP contribution in [0, 0.1) is 5.82 Å². The van der Waals surface area contributed by atoms with E-state index in [1.165, 1.54) is 30.6 Å². The molecule has 0 atom stereocenters. The summed E-state index contributed by atoms with van der Waals surface area (Å²) in [5, 5.41) is 2.50. The predicted molar refractivity (Wildman–Crippen MR) is 70.9 cm³/mol. The summed E-state index contributed by atoms with van der Waals surface area (Å²) in [7, 11) is 1.34. The molecule has 2 aromatic rings. The molecule has 6 heteroatoms. The van der Waals surface area contributed by atoms with Crippen molar-refractivity contribution < 1.29 is 13.9 Å². The van der Waals surface area contributed by atoms with Crippen molar-refractivity contribution in [2.75, 3.05) is 7.11 Å². The molecule has 0 radical (unpaired) electrons. The maximum absolute atomic E-state index is 13.0. The molecule has 3 nitrogen and oxygen atoms in total. The molecule has 0 unspecified atom stereocenters. The molecule has 1 aromatic carbocycles. The van der Waals surface area contributed by atoms with Crippen LogP contribution in [-0.4, -0.2) is 18.1 Å². The molecular weight excluding hydrogens is 321 g/mol. The largest absolute Gasteiger partial charge is 0.469 e. The van der Waals surface area contributed by atoms with Gasteiger partial charge >= 0.3 is 5.97 Å². The number of halogens is 2. The zero-order valence-corrected chi connectivity index (χ0v) is 11.8. The summed E-state index contributed by atoms with van der Waals surface area (Å²) in [4.78, 5) is 15.4. The van der Waals surface area contributed by atoms with Crippen molar-refractivity contribution in [3.05, 3.63) is 38.9 Å². The van der Waals surface area contributed by atoms with E-state index >= 15 is 0 Å². The Balaban J connectivity index is 2.26. The summed E-state index contributed by atoms with van der Waals surface area (Å²) in [5.41, 5.74) is 1.51. The molecule has 0 aliphatic carbocycles. The molecule has 1 heterocycles. The van der Waals surface area contributed by atoms with Crippen molar-refractivity contribution in [3.63, 3.8) is 0 Å². The number of ether oxygens (including phenoxy) is 1. The van der Waals surface area contributed by atoms with Crippen LogP contribution in [-0.2, 0) is 16.0 Å². The number of carbonyl (C=O) groups is 1. The van der Waals surface area contributed by atoms with Gasteiger partial charge in [-0.05, 0) is 34.1 Å². The van der Waals surface area contributed by atoms with Gasteiger partial charge in [0.05, 0.1) is 19.2 Å². The number of carbonyl (C=O) groups excluding carboxylic acids is 1. The second kappa shape index (κ2) is 5.58. The Bertz CT molecular complexity index is 585. The highest BCUT2D eigenvalue weighted by Gasteiger charge is 2.11. The lowest BCUT2D eigenvalue weighted by molar-refractivity contribution is -0.139. The molecule has 1 aromatic heterocycles. The minimum absolute atomic E-state index is 0.153. The number of hydrogen-bond acceptors (Lipinski definition) is 4. The summed E-state index contributed by atoms with van der Waals surface area (Å²) >= 11 is 4.67. The number of hydrogen-bond donors (Lipinski definition) is 0. The number of esters is 1. The maximum atomic E-state index is 13.0. The van der Waals surface area contributed by atoms with Gasteiger partial charge in [-0.15, -0.1) is 11.3 Å². The first-order chi connectivity index (χ1) is 8.60. The van der Waals surface area contributed by atoms with E-state index in [1.54, 1.807) is 6.07 Å². The Morgan fingerprint density at radius 1 is 1.56 bits per heavy atom. The number of rotatable bonds is 3. The van der Waals surface area contributed by atoms with Crippen molar-refractivity contribution >= 4 is 33.2 Å². The molecule has 0 N–H and O–H groups in total. The number of thiazole rings is 1. The van der Waals surface area contributed by atoms with E-state index in [1.807, 2.05) is 5.38 Å². The van der Waals surface area contributed by atoms with Gasteiger partial charge in [-0.3, -0.25) is 4.79 Å². The molecule has 2 rings (SSSR count). The highest BCUT2D eigenvalue weighted by molar-refractivity contribution is 9.10. The summed E-state index contributed by atoms with van der Waals surface area (Å²) < 4.78 is 18.2. The average molecular weight is 330 g/mol. The lowest BCUT2D eigenvalue weighted by Gasteiger charge is -2.00. The molecule has 0 bridgehead atoms. The quantitative estimate of drug-likeness (QED) is 0.810. The third kappa shape index (κ3) is 2.94. The normalized spacial score (nSPS) is 10.4. The average Bonchev–Trinajstić information content (AvgIpc) is 2.77. The molecule has 0 saturated heterocycles. The minimum atomic E-state index is -0.325. The van der Waals surface area contributed by atoms with Crippen LogP contribution in [0.4, 0.5) is 4.39 Å². The topological polar surface area (TPSA) is 39.2 Å². The van der Waals surface area contributed by atoms with Crippen LogP contribution in [0.3, 0.4) is 0 Å². The van der Waals surface area contributed by atoms with E-state index in [2.05, 4.69) is 25.7 Å². The zero-order chi connectivity index (χ0) is 13.1. The van der Waals surface area contributed by atoms with Crippen molar-refractivity contribution in [3.8, 4) is 11.3 Å². The first kappa shape index (κ1) is 13.2. The van der Waals surface area contributed by atoms with E-state index in [4.69, 9.17) is 0 Å². The van der Waals surface area contributed by atoms with Gasteiger partial charge in [0.1, 0.15) is 10.8 Å². The number of methoxy groups -OCH3 is 1. The van der Waals surface area contributed by atoms with Crippen LogP contribution in [0.25, 0.3) is 11.3 Å². The van der Waals surface area contributed by atoms with E-state index in [0.29, 0.717) is 15.2 Å². The van der Waals surface area contributed by atoms with Crippen LogP contribution in [0.1, 0.15) is 5.01 Å². The van der Waals surface area contributed by atoms with Gasteiger partial charge in [0.2, 0.25) is 0 Å². The molecule has 0 amide bonds. The Morgan fingerprint density at radius 2 is 2.33 bits per heavy atom. The molecule has 18 heavy (non-hydrogen) atoms. The highest BCUT2D eigenvalue weighted by Crippen LogP contribution is 2.29. The fourth-order valence-corrected chi connectivity index (χ4v) is 2.74. The van der Waals surface area contributed by atoms with E-state index in [9.17, 15) is 9.18 Å². The summed E-state index contributed by atoms with van der Waals surface area (Å²) in [6.07, 6.45) is 0.153. The smallest absolute Gasteiger partial charge is 0.312 e. The fraction of sp³-hybridized carbons (Fsp3) is 0.167. The second-order valence-corrected chi connectivity index (χ2v) is 5.30. The van der Waals surface area contributed by atoms with Gasteiger partial charge in [0.25, 0.3) is 0 Å². The van der Waals surface area contributed by atoms with Gasteiger partial charge in [-0.25, -0.2) is 9.37 Å². The molecular formula is C12H9BrFNO2S. The zero-order valence-electron chi connectivity index (χ0n) is 9.44. The Hall–Kier alpha value is -1.27. The van der Waals surface area contributed by atoms with Gasteiger partial charge < -0.3 is 4.74 Å². The molecule has 0 fully saturated rings. The van der Waals surface area contributed by atoms with Crippen molar-refractivity contribution in [1.29, 1.82) is 0 Å². The molecule has 94 valence electrons. The summed E-state index contributed by atoms with van der Waals surface area (Å²) in [5.74, 6) is -0.635. The number of nitrogens with zero attached hydrogens (tertiary/aromatic N) is 1. The standard InChI is InChI=1S/C12H9BrFNO2S/c1-17-12(16)5-11-15-10(6-18-11)8-3-2-7(14)4-9(8)13/h2-4,6H,5H2,1H3. The third-order valence-corrected chi connectivity index (χ3v) is 3.79. The Kier molecular flexibility index (Phi) is 4.08. The van der Waals surface area contributed by atoms with Gasteiger partial charge in [-0.1, -0.05) is 0 Å². The molecule has 0 spiro atoms. The first-order valence-corrected chi connectivity index (χ1v) is 6.74. The van der Waals surface area contributed by atoms with E-state index in [-0.39, 0.29) is 18.2 Å². The fourth-order valence-electron chi connectivity index (χ4n) is 1.41. The summed E-state index contributed by atoms with van der Waals surface area (Å²) in [6, 6.07) is 4.41. The maximum Gasteiger partial charge on any atom is 0.312 e. The monoisotopic (exact) mass is 329 g/mol. The van der Waals surface area contributed by atoms with Crippen molar-refractivity contribution in [1.82, 2.24) is 4.98 Å². The van der Waals surface area contributed by atoms with Crippen LogP contribution >= 0.6 is 27.3 Å². The summed E-state index contributed by atoms with van der Waals surface area (Å²) in [6.45, 7) is 0. The van der Waals surface area contributed by atoms with Crippen molar-refractivity contribution in [2.24, 2.45) is 0 Å². The van der Waals surface area contributed by atoms with Crippen LogP contribution < -0.4 is 0 Å². The number of benzene rings is 1. The van der Waals surface area contributed by atoms with Crippen LogP contribution in [0.2, 0.25) is 0 Å².